The number of rotatable bonds is 3. The van der Waals surface area contributed by atoms with Crippen molar-refractivity contribution in [3.8, 4) is 11.1 Å². The summed E-state index contributed by atoms with van der Waals surface area (Å²) in [5.41, 5.74) is 23.3. The Labute approximate surface area is 432 Å². The highest BCUT2D eigenvalue weighted by molar-refractivity contribution is 7.00. The maximum absolute atomic E-state index is 9.08. The van der Waals surface area contributed by atoms with E-state index in [0.717, 1.165) is 72.2 Å². The average Bonchev–Trinajstić information content (AvgIpc) is 4.12. The highest BCUT2D eigenvalue weighted by atomic mass is 16.3. The van der Waals surface area contributed by atoms with E-state index in [0.29, 0.717) is 5.56 Å². The molecule has 0 N–H and O–H groups in total. The molecular weight excluding hydrogens is 862 g/mol. The lowest BCUT2D eigenvalue weighted by Gasteiger charge is -2.53. The second kappa shape index (κ2) is 14.5. The van der Waals surface area contributed by atoms with E-state index in [1.807, 2.05) is 6.07 Å². The molecule has 5 heterocycles. The molecule has 1 aromatic heterocycles. The third-order valence-electron chi connectivity index (χ3n) is 19.7. The molecule has 0 bridgehead atoms. The van der Waals surface area contributed by atoms with Crippen LogP contribution in [0.15, 0.2) is 101 Å². The Morgan fingerprint density at radius 1 is 0.549 bits per heavy atom. The monoisotopic (exact) mass is 941 g/mol. The van der Waals surface area contributed by atoms with Crippen LogP contribution in [0.1, 0.15) is 172 Å². The van der Waals surface area contributed by atoms with E-state index in [1.165, 1.54) is 91.0 Å². The minimum atomic E-state index is -0.369. The van der Waals surface area contributed by atoms with Gasteiger partial charge in [-0.2, -0.15) is 0 Å². The van der Waals surface area contributed by atoms with Crippen LogP contribution in [0.25, 0.3) is 22.1 Å². The number of hydrogen-bond donors (Lipinski definition) is 0. The number of anilines is 7. The summed E-state index contributed by atoms with van der Waals surface area (Å²) in [5, 5.41) is 1.13. The van der Waals surface area contributed by atoms with Gasteiger partial charge in [0, 0.05) is 44.7 Å². The molecule has 2 saturated carbocycles. The van der Waals surface area contributed by atoms with Gasteiger partial charge >= 0.3 is 0 Å². The smallest absolute Gasteiger partial charge is 0.297 e. The molecule has 5 heteroatoms. The van der Waals surface area contributed by atoms with Crippen molar-refractivity contribution < 1.29 is 11.3 Å². The van der Waals surface area contributed by atoms with Crippen molar-refractivity contribution in [2.45, 2.75) is 181 Å². The number of furan rings is 1. The second-order valence-corrected chi connectivity index (χ2v) is 25.8. The summed E-state index contributed by atoms with van der Waals surface area (Å²) in [7, 11) is 0. The van der Waals surface area contributed by atoms with Gasteiger partial charge in [-0.15, -0.1) is 0 Å². The normalized spacial score (nSPS) is 26.0. The van der Waals surface area contributed by atoms with Crippen molar-refractivity contribution in [3.63, 3.8) is 0 Å². The van der Waals surface area contributed by atoms with Crippen LogP contribution in [0.3, 0.4) is 0 Å². The fraction of sp³-hybridized carbons (Fsp3) is 0.424. The molecular formula is C66H74BN3O. The van der Waals surface area contributed by atoms with Gasteiger partial charge in [-0.3, -0.25) is 0 Å². The summed E-state index contributed by atoms with van der Waals surface area (Å²) in [6.45, 7) is 33.1. The zero-order valence-electron chi connectivity index (χ0n) is 49.8. The zero-order chi connectivity index (χ0) is 54.0. The first-order chi connectivity index (χ1) is 35.7. The van der Waals surface area contributed by atoms with Crippen molar-refractivity contribution >= 4 is 74.1 Å². The summed E-state index contributed by atoms with van der Waals surface area (Å²) >= 11 is 0. The third-order valence-corrected chi connectivity index (χ3v) is 19.7. The topological polar surface area (TPSA) is 22.9 Å². The highest BCUT2D eigenvalue weighted by Crippen LogP contribution is 2.66. The fourth-order valence-electron chi connectivity index (χ4n) is 15.7. The molecule has 4 aliphatic heterocycles. The SMILES string of the molecule is [2H]c1c([2H])c([2H])c(-c2ccc3c(c2)C2(C)CCCCC2(C)N3c2cc3c4c(c2)N2c5c(c(C)cc(C)c5C5(C)CCCCC25C)B4c2oc4ccc(C(C)(C)C)cc4c2N3c2c(C)cc(C(C)(C)C)cc2C)c([2H])c1[2H]. The summed E-state index contributed by atoms with van der Waals surface area (Å²) in [5.74, 6) is 0. The first-order valence-electron chi connectivity index (χ1n) is 29.3. The molecule has 0 radical (unpaired) electrons. The largest absolute Gasteiger partial charge is 0.468 e. The molecule has 362 valence electrons. The lowest BCUT2D eigenvalue weighted by Crippen LogP contribution is -2.65. The Morgan fingerprint density at radius 3 is 1.86 bits per heavy atom. The lowest BCUT2D eigenvalue weighted by molar-refractivity contribution is 0.193. The van der Waals surface area contributed by atoms with Gasteiger partial charge in [0.05, 0.1) is 35.0 Å². The quantitative estimate of drug-likeness (QED) is 0.165. The Hall–Kier alpha value is -5.68. The first kappa shape index (κ1) is 39.9. The van der Waals surface area contributed by atoms with Crippen molar-refractivity contribution in [2.24, 2.45) is 0 Å². The molecule has 2 aliphatic carbocycles. The fourth-order valence-corrected chi connectivity index (χ4v) is 15.7. The summed E-state index contributed by atoms with van der Waals surface area (Å²) in [4.78, 5) is 8.19. The Kier molecular flexibility index (Phi) is 8.15. The number of fused-ring (bicyclic) bond motifs is 12. The maximum Gasteiger partial charge on any atom is 0.297 e. The molecule has 0 amide bonds. The first-order valence-corrected chi connectivity index (χ1v) is 26.8. The predicted octanol–water partition coefficient (Wildman–Crippen LogP) is 16.0. The second-order valence-electron chi connectivity index (χ2n) is 25.8. The number of aryl methyl sites for hydroxylation is 4. The zero-order valence-corrected chi connectivity index (χ0v) is 44.8. The molecule has 13 rings (SSSR count). The van der Waals surface area contributed by atoms with E-state index >= 15 is 0 Å². The van der Waals surface area contributed by atoms with Crippen molar-refractivity contribution in [2.75, 3.05) is 14.7 Å². The van der Waals surface area contributed by atoms with Crippen LogP contribution in [0.4, 0.5) is 39.8 Å². The van der Waals surface area contributed by atoms with Gasteiger partial charge in [0.15, 0.2) is 0 Å². The third kappa shape index (κ3) is 5.76. The minimum Gasteiger partial charge on any atom is -0.468 e. The van der Waals surface area contributed by atoms with E-state index in [2.05, 4.69) is 172 Å². The van der Waals surface area contributed by atoms with Gasteiger partial charge in [0.25, 0.3) is 6.71 Å². The van der Waals surface area contributed by atoms with Gasteiger partial charge < -0.3 is 19.1 Å². The Morgan fingerprint density at radius 2 is 1.18 bits per heavy atom. The molecule has 0 spiro atoms. The number of hydrogen-bond acceptors (Lipinski definition) is 4. The Balaban J connectivity index is 1.17. The lowest BCUT2D eigenvalue weighted by atomic mass is 9.34. The Bertz CT molecular complexity index is 3700. The molecule has 0 saturated heterocycles. The summed E-state index contributed by atoms with van der Waals surface area (Å²) in [6.07, 6.45) is 8.73. The van der Waals surface area contributed by atoms with E-state index in [-0.39, 0.29) is 75.2 Å². The van der Waals surface area contributed by atoms with Gasteiger partial charge in [-0.1, -0.05) is 147 Å². The minimum absolute atomic E-state index is 0.0439. The molecule has 4 unspecified atom stereocenters. The van der Waals surface area contributed by atoms with E-state index < -0.39 is 0 Å². The van der Waals surface area contributed by atoms with Gasteiger partial charge in [0.2, 0.25) is 0 Å². The molecule has 71 heavy (non-hydrogen) atoms. The standard InChI is InChI=1S/C66H74BN3O/c1-39-32-40(2)55-59-54(39)64(12)29-19-21-31-66(64,14)70(59)52-38-47(69-50-26-24-44(43-22-16-15-17-23-43)35-49(50)63(11)28-18-20-30-65(63,69)13)37-51-56(52)67(55)60-58(48-36-45(61(5,6)7)25-27-53(48)71-60)68(51)57-41(3)33-46(34-42(57)4)62(8,9)10/h15-17,22-27,32-38H,18-21,28-31H2,1-14H3/i15D,16D,17D,22D,23D. The van der Waals surface area contributed by atoms with Crippen molar-refractivity contribution in [1.29, 1.82) is 0 Å². The molecule has 6 aromatic carbocycles. The van der Waals surface area contributed by atoms with Gasteiger partial charge in [0.1, 0.15) is 5.58 Å². The summed E-state index contributed by atoms with van der Waals surface area (Å²) < 4.78 is 51.4. The van der Waals surface area contributed by atoms with Crippen molar-refractivity contribution in [1.82, 2.24) is 0 Å². The van der Waals surface area contributed by atoms with E-state index in [9.17, 15) is 0 Å². The molecule has 7 aromatic rings. The van der Waals surface area contributed by atoms with Crippen LogP contribution in [0.2, 0.25) is 0 Å². The van der Waals surface area contributed by atoms with Crippen LogP contribution >= 0.6 is 0 Å². The van der Waals surface area contributed by atoms with Crippen molar-refractivity contribution in [3.05, 3.63) is 141 Å². The van der Waals surface area contributed by atoms with Crippen LogP contribution in [-0.2, 0) is 21.7 Å². The van der Waals surface area contributed by atoms with E-state index in [1.54, 1.807) is 0 Å². The van der Waals surface area contributed by atoms with Crippen LogP contribution in [0, 0.1) is 27.7 Å². The van der Waals surface area contributed by atoms with Crippen LogP contribution < -0.4 is 31.3 Å². The maximum atomic E-state index is 9.08. The van der Waals surface area contributed by atoms with Gasteiger partial charge in [-0.05, 0) is 175 Å². The number of nitrogens with zero attached hydrogens (tertiary/aromatic N) is 3. The summed E-state index contributed by atoms with van der Waals surface area (Å²) in [6, 6.07) is 24.5. The molecule has 4 atom stereocenters. The van der Waals surface area contributed by atoms with Crippen LogP contribution in [-0.4, -0.2) is 17.8 Å². The highest BCUT2D eigenvalue weighted by Gasteiger charge is 2.64. The van der Waals surface area contributed by atoms with E-state index in [4.69, 9.17) is 11.3 Å². The van der Waals surface area contributed by atoms with Crippen LogP contribution in [0.5, 0.6) is 0 Å². The number of benzene rings is 6. The predicted molar refractivity (Wildman–Crippen MR) is 303 cm³/mol. The van der Waals surface area contributed by atoms with Gasteiger partial charge in [-0.25, -0.2) is 0 Å². The molecule has 4 nitrogen and oxygen atoms in total. The molecule has 6 aliphatic rings. The molecule has 2 fully saturated rings. The average molecular weight is 941 g/mol.